The van der Waals surface area contributed by atoms with E-state index in [0.717, 1.165) is 43.7 Å². The van der Waals surface area contributed by atoms with Gasteiger partial charge in [0.15, 0.2) is 0 Å². The van der Waals surface area contributed by atoms with Crippen molar-refractivity contribution in [2.24, 2.45) is 0 Å². The van der Waals surface area contributed by atoms with Crippen molar-refractivity contribution in [3.8, 4) is 5.69 Å². The van der Waals surface area contributed by atoms with Gasteiger partial charge in [-0.3, -0.25) is 9.69 Å². The van der Waals surface area contributed by atoms with E-state index in [-0.39, 0.29) is 11.9 Å². The van der Waals surface area contributed by atoms with Gasteiger partial charge in [-0.25, -0.2) is 4.98 Å². The highest BCUT2D eigenvalue weighted by atomic mass is 16.2. The second-order valence-electron chi connectivity index (χ2n) is 7.75. The van der Waals surface area contributed by atoms with E-state index >= 15 is 0 Å². The number of nitrogens with zero attached hydrogens (tertiary/aromatic N) is 4. The van der Waals surface area contributed by atoms with E-state index in [9.17, 15) is 4.79 Å². The van der Waals surface area contributed by atoms with Crippen LogP contribution in [0.3, 0.4) is 0 Å². The van der Waals surface area contributed by atoms with Gasteiger partial charge in [0, 0.05) is 25.0 Å². The Morgan fingerprint density at radius 3 is 2.78 bits per heavy atom. The normalized spacial score (nSPS) is 22.2. The summed E-state index contributed by atoms with van der Waals surface area (Å²) >= 11 is 0. The Morgan fingerprint density at radius 2 is 2.00 bits per heavy atom. The van der Waals surface area contributed by atoms with Gasteiger partial charge in [-0.1, -0.05) is 18.2 Å². The average molecular weight is 367 g/mol. The van der Waals surface area contributed by atoms with Gasteiger partial charge in [-0.15, -0.1) is 0 Å². The number of benzene rings is 1. The third kappa shape index (κ3) is 4.06. The van der Waals surface area contributed by atoms with Gasteiger partial charge >= 0.3 is 0 Å². The summed E-state index contributed by atoms with van der Waals surface area (Å²) in [6, 6.07) is 8.74. The van der Waals surface area contributed by atoms with Crippen LogP contribution in [-0.4, -0.2) is 64.0 Å². The predicted octanol–water partition coefficient (Wildman–Crippen LogP) is 2.05. The minimum Gasteiger partial charge on any atom is -0.351 e. The number of hydrogen-bond acceptors (Lipinski definition) is 4. The number of amides is 1. The number of carbonyl (C=O) groups is 1. The van der Waals surface area contributed by atoms with Gasteiger partial charge in [0.05, 0.1) is 18.1 Å². The molecule has 0 radical (unpaired) electrons. The second-order valence-corrected chi connectivity index (χ2v) is 7.75. The minimum atomic E-state index is 0.0267. The van der Waals surface area contributed by atoms with Crippen LogP contribution in [0.5, 0.6) is 0 Å². The highest BCUT2D eigenvalue weighted by Gasteiger charge is 2.36. The number of carbonyl (C=O) groups excluding carboxylic acids is 1. The van der Waals surface area contributed by atoms with Crippen molar-refractivity contribution in [3.05, 3.63) is 48.5 Å². The highest BCUT2D eigenvalue weighted by Crippen LogP contribution is 2.26. The molecule has 27 heavy (non-hydrogen) atoms. The van der Waals surface area contributed by atoms with Crippen LogP contribution < -0.4 is 5.32 Å². The van der Waals surface area contributed by atoms with Crippen molar-refractivity contribution in [3.63, 3.8) is 0 Å². The Kier molecular flexibility index (Phi) is 5.55. The summed E-state index contributed by atoms with van der Waals surface area (Å²) < 4.78 is 1.99. The quantitative estimate of drug-likeness (QED) is 0.879. The van der Waals surface area contributed by atoms with Crippen molar-refractivity contribution < 1.29 is 4.79 Å². The molecule has 3 heterocycles. The average Bonchev–Trinajstić information content (AvgIpc) is 3.39. The molecule has 0 aliphatic carbocycles. The smallest absolute Gasteiger partial charge is 0.237 e. The fraction of sp³-hybridized carbons (Fsp3) is 0.524. The molecule has 1 N–H and O–H groups in total. The number of nitrogens with one attached hydrogen (secondary N) is 1. The molecule has 6 heteroatoms. The Bertz CT molecular complexity index is 752. The molecule has 1 atom stereocenters. The standard InChI is InChI=1S/C21H29N5O/c1-24-12-8-18(9-13-24)26-11-4-7-20(26)21(27)23-15-17-5-2-3-6-19(17)25-14-10-22-16-25/h2-3,5-6,10,14,16,18,20H,4,7-9,11-13,15H2,1H3,(H,23,27)/t20-/m0/s1. The first-order valence-electron chi connectivity index (χ1n) is 10.0. The zero-order valence-corrected chi connectivity index (χ0v) is 16.1. The molecule has 0 spiro atoms. The maximum absolute atomic E-state index is 13.0. The molecular formula is C21H29N5O. The van der Waals surface area contributed by atoms with Crippen LogP contribution in [0.1, 0.15) is 31.2 Å². The van der Waals surface area contributed by atoms with Crippen LogP contribution in [0.4, 0.5) is 0 Å². The summed E-state index contributed by atoms with van der Waals surface area (Å²) in [5.41, 5.74) is 2.17. The van der Waals surface area contributed by atoms with Gasteiger partial charge in [0.2, 0.25) is 5.91 Å². The summed E-state index contributed by atoms with van der Waals surface area (Å²) in [6.07, 6.45) is 9.93. The van der Waals surface area contributed by atoms with Crippen molar-refractivity contribution >= 4 is 5.91 Å². The molecule has 144 valence electrons. The molecule has 1 aromatic carbocycles. The molecular weight excluding hydrogens is 338 g/mol. The van der Waals surface area contributed by atoms with Crippen molar-refractivity contribution in [1.29, 1.82) is 0 Å². The van der Waals surface area contributed by atoms with Gasteiger partial charge in [0.25, 0.3) is 0 Å². The number of imidazole rings is 1. The largest absolute Gasteiger partial charge is 0.351 e. The first kappa shape index (κ1) is 18.2. The Labute approximate surface area is 161 Å². The monoisotopic (exact) mass is 367 g/mol. The lowest BCUT2D eigenvalue weighted by Gasteiger charge is -2.37. The van der Waals surface area contributed by atoms with E-state index in [4.69, 9.17) is 0 Å². The predicted molar refractivity (Wildman–Crippen MR) is 106 cm³/mol. The van der Waals surface area contributed by atoms with Crippen LogP contribution in [0, 0.1) is 0 Å². The van der Waals surface area contributed by atoms with Crippen LogP contribution in [-0.2, 0) is 11.3 Å². The molecule has 4 rings (SSSR count). The molecule has 2 aliphatic rings. The molecule has 0 saturated carbocycles. The number of hydrogen-bond donors (Lipinski definition) is 1. The van der Waals surface area contributed by atoms with Gasteiger partial charge in [0.1, 0.15) is 0 Å². The highest BCUT2D eigenvalue weighted by molar-refractivity contribution is 5.82. The van der Waals surface area contributed by atoms with Crippen molar-refractivity contribution in [1.82, 2.24) is 24.7 Å². The summed E-state index contributed by atoms with van der Waals surface area (Å²) in [4.78, 5) is 21.9. The maximum atomic E-state index is 13.0. The number of likely N-dealkylation sites (tertiary alicyclic amines) is 2. The van der Waals surface area contributed by atoms with Crippen LogP contribution in [0.2, 0.25) is 0 Å². The third-order valence-corrected chi connectivity index (χ3v) is 5.98. The molecule has 1 amide bonds. The molecule has 2 fully saturated rings. The summed E-state index contributed by atoms with van der Waals surface area (Å²) in [5.74, 6) is 0.173. The van der Waals surface area contributed by atoms with Crippen molar-refractivity contribution in [2.45, 2.75) is 44.3 Å². The van der Waals surface area contributed by atoms with Crippen LogP contribution in [0.25, 0.3) is 5.69 Å². The Morgan fingerprint density at radius 1 is 1.19 bits per heavy atom. The summed E-state index contributed by atoms with van der Waals surface area (Å²) in [6.45, 7) is 3.87. The second kappa shape index (κ2) is 8.23. The molecule has 1 aromatic heterocycles. The number of para-hydroxylation sites is 1. The first-order valence-corrected chi connectivity index (χ1v) is 10.0. The fourth-order valence-electron chi connectivity index (χ4n) is 4.45. The topological polar surface area (TPSA) is 53.4 Å². The summed E-state index contributed by atoms with van der Waals surface area (Å²) in [7, 11) is 2.18. The lowest BCUT2D eigenvalue weighted by atomic mass is 10.0. The number of aromatic nitrogens is 2. The first-order chi connectivity index (χ1) is 13.2. The lowest BCUT2D eigenvalue weighted by Crippen LogP contribution is -2.50. The summed E-state index contributed by atoms with van der Waals surface area (Å²) in [5, 5.41) is 3.20. The zero-order valence-electron chi connectivity index (χ0n) is 16.1. The van der Waals surface area contributed by atoms with E-state index in [1.165, 1.54) is 12.8 Å². The zero-order chi connectivity index (χ0) is 18.6. The van der Waals surface area contributed by atoms with Crippen LogP contribution >= 0.6 is 0 Å². The lowest BCUT2D eigenvalue weighted by molar-refractivity contribution is -0.126. The van der Waals surface area contributed by atoms with Gasteiger partial charge in [-0.05, 0) is 64.0 Å². The Balaban J connectivity index is 1.40. The molecule has 6 nitrogen and oxygen atoms in total. The number of piperidine rings is 1. The molecule has 2 saturated heterocycles. The molecule has 0 bridgehead atoms. The van der Waals surface area contributed by atoms with Crippen LogP contribution in [0.15, 0.2) is 43.0 Å². The van der Waals surface area contributed by atoms with Crippen molar-refractivity contribution in [2.75, 3.05) is 26.7 Å². The number of rotatable bonds is 5. The molecule has 0 unspecified atom stereocenters. The third-order valence-electron chi connectivity index (χ3n) is 5.98. The molecule has 2 aliphatic heterocycles. The molecule has 2 aromatic rings. The SMILES string of the molecule is CN1CCC(N2CCC[C@H]2C(=O)NCc2ccccc2-n2ccnc2)CC1. The van der Waals surface area contributed by atoms with E-state index in [0.29, 0.717) is 12.6 Å². The Hall–Kier alpha value is -2.18. The van der Waals surface area contributed by atoms with Gasteiger partial charge in [-0.2, -0.15) is 0 Å². The van der Waals surface area contributed by atoms with E-state index < -0.39 is 0 Å². The fourth-order valence-corrected chi connectivity index (χ4v) is 4.45. The minimum absolute atomic E-state index is 0.0267. The maximum Gasteiger partial charge on any atom is 0.237 e. The van der Waals surface area contributed by atoms with E-state index in [1.54, 1.807) is 12.5 Å². The van der Waals surface area contributed by atoms with E-state index in [2.05, 4.69) is 39.3 Å². The van der Waals surface area contributed by atoms with E-state index in [1.807, 2.05) is 22.9 Å². The van der Waals surface area contributed by atoms with Gasteiger partial charge < -0.3 is 14.8 Å².